The van der Waals surface area contributed by atoms with Crippen LogP contribution in [0.1, 0.15) is 10.4 Å². The molecule has 0 unspecified atom stereocenters. The monoisotopic (exact) mass is 403 g/mol. The molecule has 122 valence electrons. The van der Waals surface area contributed by atoms with Crippen LogP contribution in [0.4, 0.5) is 0 Å². The molecule has 0 aliphatic heterocycles. The topological polar surface area (TPSA) is 57.0 Å². The van der Waals surface area contributed by atoms with E-state index in [0.29, 0.717) is 10.7 Å². The zero-order valence-electron chi connectivity index (χ0n) is 12.8. The van der Waals surface area contributed by atoms with E-state index < -0.39 is 0 Å². The number of hydrogen-bond acceptors (Lipinski definition) is 5. The lowest BCUT2D eigenvalue weighted by atomic mass is 10.2. The number of Topliss-reactive ketones (excluding diaryl/α,β-unsaturated/α-hetero) is 1. The van der Waals surface area contributed by atoms with Crippen molar-refractivity contribution in [1.29, 1.82) is 0 Å². The normalized spacial score (nSPS) is 10.6. The van der Waals surface area contributed by atoms with Crippen LogP contribution < -0.4 is 4.74 Å². The predicted octanol–water partition coefficient (Wildman–Crippen LogP) is 4.01. The molecule has 2 aromatic carbocycles. The molecule has 3 aromatic rings. The van der Waals surface area contributed by atoms with Crippen molar-refractivity contribution >= 4 is 33.5 Å². The molecule has 3 rings (SSSR count). The van der Waals surface area contributed by atoms with Crippen LogP contribution in [0.15, 0.2) is 64.5 Å². The number of halogens is 1. The molecule has 1 aromatic heterocycles. The highest BCUT2D eigenvalue weighted by Gasteiger charge is 2.13. The summed E-state index contributed by atoms with van der Waals surface area (Å²) in [6.45, 7) is 0. The number of hydrogen-bond donors (Lipinski definition) is 0. The third kappa shape index (κ3) is 3.68. The van der Waals surface area contributed by atoms with Gasteiger partial charge in [-0.05, 0) is 24.3 Å². The zero-order valence-corrected chi connectivity index (χ0v) is 15.3. The van der Waals surface area contributed by atoms with E-state index in [1.165, 1.54) is 11.8 Å². The maximum Gasteiger partial charge on any atom is 0.196 e. The van der Waals surface area contributed by atoms with Gasteiger partial charge in [0.1, 0.15) is 12.1 Å². The summed E-state index contributed by atoms with van der Waals surface area (Å²) in [4.78, 5) is 12.3. The number of benzene rings is 2. The minimum atomic E-state index is 0.0436. The molecule has 24 heavy (non-hydrogen) atoms. The maximum atomic E-state index is 12.3. The van der Waals surface area contributed by atoms with Gasteiger partial charge in [-0.25, -0.2) is 0 Å². The van der Waals surface area contributed by atoms with Gasteiger partial charge in [-0.15, -0.1) is 10.2 Å². The van der Waals surface area contributed by atoms with Crippen LogP contribution in [0.5, 0.6) is 5.75 Å². The number of nitrogens with zero attached hydrogens (tertiary/aromatic N) is 3. The number of rotatable bonds is 6. The molecular weight excluding hydrogens is 390 g/mol. The molecule has 0 N–H and O–H groups in total. The molecule has 0 radical (unpaired) electrons. The van der Waals surface area contributed by atoms with E-state index in [9.17, 15) is 4.79 Å². The van der Waals surface area contributed by atoms with E-state index in [4.69, 9.17) is 4.74 Å². The van der Waals surface area contributed by atoms with E-state index in [0.717, 1.165) is 15.9 Å². The van der Waals surface area contributed by atoms with E-state index in [-0.39, 0.29) is 11.5 Å². The Morgan fingerprint density at radius 2 is 1.96 bits per heavy atom. The van der Waals surface area contributed by atoms with Crippen molar-refractivity contribution < 1.29 is 9.53 Å². The second kappa shape index (κ2) is 7.63. The Hall–Kier alpha value is -2.12. The van der Waals surface area contributed by atoms with E-state index in [1.54, 1.807) is 25.6 Å². The van der Waals surface area contributed by atoms with Gasteiger partial charge in [-0.2, -0.15) is 0 Å². The van der Waals surface area contributed by atoms with Gasteiger partial charge < -0.3 is 4.74 Å². The number of carbonyl (C=O) groups excluding carboxylic acids is 1. The summed E-state index contributed by atoms with van der Waals surface area (Å²) in [5.74, 6) is 1.05. The van der Waals surface area contributed by atoms with Crippen molar-refractivity contribution in [2.45, 2.75) is 5.16 Å². The van der Waals surface area contributed by atoms with Gasteiger partial charge >= 0.3 is 0 Å². The summed E-state index contributed by atoms with van der Waals surface area (Å²) in [5.41, 5.74) is 1.51. The fourth-order valence-electron chi connectivity index (χ4n) is 2.17. The molecule has 0 atom stereocenters. The lowest BCUT2D eigenvalue weighted by molar-refractivity contribution is 0.102. The van der Waals surface area contributed by atoms with Crippen LogP contribution in [0, 0.1) is 0 Å². The summed E-state index contributed by atoms with van der Waals surface area (Å²) in [6, 6.07) is 14.9. The van der Waals surface area contributed by atoms with Gasteiger partial charge in [0.25, 0.3) is 0 Å². The van der Waals surface area contributed by atoms with Gasteiger partial charge in [0.2, 0.25) is 0 Å². The Morgan fingerprint density at radius 3 is 2.71 bits per heavy atom. The highest BCUT2D eigenvalue weighted by Crippen LogP contribution is 2.27. The first-order valence-corrected chi connectivity index (χ1v) is 8.92. The first kappa shape index (κ1) is 16.7. The minimum Gasteiger partial charge on any atom is -0.495 e. The fraction of sp³-hybridized carbons (Fsp3) is 0.118. The number of methoxy groups -OCH3 is 1. The Kier molecular flexibility index (Phi) is 5.32. The van der Waals surface area contributed by atoms with E-state index in [1.807, 2.05) is 41.0 Å². The average molecular weight is 404 g/mol. The number of para-hydroxylation sites is 2. The second-order valence-corrected chi connectivity index (χ2v) is 6.73. The van der Waals surface area contributed by atoms with Crippen LogP contribution in [-0.2, 0) is 0 Å². The molecule has 1 heterocycles. The number of ether oxygens (including phenoxy) is 1. The van der Waals surface area contributed by atoms with Gasteiger partial charge in [0.15, 0.2) is 10.9 Å². The Morgan fingerprint density at radius 1 is 1.21 bits per heavy atom. The third-order valence-electron chi connectivity index (χ3n) is 3.36. The molecule has 0 fully saturated rings. The average Bonchev–Trinajstić information content (AvgIpc) is 3.08. The number of thioether (sulfide) groups is 1. The second-order valence-electron chi connectivity index (χ2n) is 4.87. The van der Waals surface area contributed by atoms with Crippen LogP contribution in [0.2, 0.25) is 0 Å². The van der Waals surface area contributed by atoms with Crippen molar-refractivity contribution in [3.8, 4) is 11.4 Å². The largest absolute Gasteiger partial charge is 0.495 e. The van der Waals surface area contributed by atoms with Crippen molar-refractivity contribution in [3.05, 3.63) is 64.9 Å². The van der Waals surface area contributed by atoms with Gasteiger partial charge in [0, 0.05) is 10.0 Å². The molecular formula is C17H14BrN3O2S. The van der Waals surface area contributed by atoms with Crippen LogP contribution in [0.25, 0.3) is 5.69 Å². The smallest absolute Gasteiger partial charge is 0.196 e. The van der Waals surface area contributed by atoms with Gasteiger partial charge in [0.05, 0.1) is 18.6 Å². The quantitative estimate of drug-likeness (QED) is 0.459. The fourth-order valence-corrected chi connectivity index (χ4v) is 3.25. The number of carbonyl (C=O) groups is 1. The minimum absolute atomic E-state index is 0.0436. The molecule has 7 heteroatoms. The van der Waals surface area contributed by atoms with Crippen molar-refractivity contribution in [3.63, 3.8) is 0 Å². The van der Waals surface area contributed by atoms with E-state index >= 15 is 0 Å². The lowest BCUT2D eigenvalue weighted by Gasteiger charge is -2.10. The first-order chi connectivity index (χ1) is 11.7. The Balaban J connectivity index is 1.76. The molecule has 0 bridgehead atoms. The Labute approximate surface area is 152 Å². The van der Waals surface area contributed by atoms with Crippen molar-refractivity contribution in [1.82, 2.24) is 14.8 Å². The van der Waals surface area contributed by atoms with Crippen LogP contribution in [-0.4, -0.2) is 33.4 Å². The summed E-state index contributed by atoms with van der Waals surface area (Å²) >= 11 is 4.71. The summed E-state index contributed by atoms with van der Waals surface area (Å²) in [6.07, 6.45) is 1.62. The maximum absolute atomic E-state index is 12.3. The standard InChI is InChI=1S/C17H14BrN3O2S/c1-23-16-5-3-2-4-14(16)21-11-19-20-17(21)24-10-15(22)12-6-8-13(18)9-7-12/h2-9,11H,10H2,1H3. The van der Waals surface area contributed by atoms with E-state index in [2.05, 4.69) is 26.1 Å². The first-order valence-electron chi connectivity index (χ1n) is 7.14. The predicted molar refractivity (Wildman–Crippen MR) is 97.1 cm³/mol. The molecule has 0 amide bonds. The zero-order chi connectivity index (χ0) is 16.9. The summed E-state index contributed by atoms with van der Waals surface area (Å²) < 4.78 is 8.14. The molecule has 0 spiro atoms. The molecule has 5 nitrogen and oxygen atoms in total. The van der Waals surface area contributed by atoms with Crippen LogP contribution in [0.3, 0.4) is 0 Å². The number of aromatic nitrogens is 3. The van der Waals surface area contributed by atoms with Gasteiger partial charge in [-0.3, -0.25) is 9.36 Å². The van der Waals surface area contributed by atoms with Crippen molar-refractivity contribution in [2.75, 3.05) is 12.9 Å². The summed E-state index contributed by atoms with van der Waals surface area (Å²) in [7, 11) is 1.62. The lowest BCUT2D eigenvalue weighted by Crippen LogP contribution is -2.04. The molecule has 0 aliphatic rings. The highest BCUT2D eigenvalue weighted by atomic mass is 79.9. The molecule has 0 aliphatic carbocycles. The van der Waals surface area contributed by atoms with Crippen LogP contribution >= 0.6 is 27.7 Å². The highest BCUT2D eigenvalue weighted by molar-refractivity contribution is 9.10. The number of ketones is 1. The van der Waals surface area contributed by atoms with Crippen molar-refractivity contribution in [2.24, 2.45) is 0 Å². The molecule has 0 saturated carbocycles. The van der Waals surface area contributed by atoms with Gasteiger partial charge in [-0.1, -0.05) is 52.0 Å². The third-order valence-corrected chi connectivity index (χ3v) is 4.83. The molecule has 0 saturated heterocycles. The summed E-state index contributed by atoms with van der Waals surface area (Å²) in [5, 5.41) is 8.71. The SMILES string of the molecule is COc1ccccc1-n1cnnc1SCC(=O)c1ccc(Br)cc1. The Bertz CT molecular complexity index is 849.